The number of H-pyrrole nitrogens is 1. The van der Waals surface area contributed by atoms with Crippen molar-refractivity contribution in [2.24, 2.45) is 0 Å². The van der Waals surface area contributed by atoms with Crippen molar-refractivity contribution < 1.29 is 9.59 Å². The van der Waals surface area contributed by atoms with Crippen LogP contribution in [-0.2, 0) is 0 Å². The Labute approximate surface area is 164 Å². The zero-order valence-electron chi connectivity index (χ0n) is 16.2. The zero-order chi connectivity index (χ0) is 19.5. The van der Waals surface area contributed by atoms with E-state index in [1.807, 2.05) is 16.7 Å². The van der Waals surface area contributed by atoms with E-state index in [-0.39, 0.29) is 17.7 Å². The van der Waals surface area contributed by atoms with Gasteiger partial charge in [-0.1, -0.05) is 0 Å². The third-order valence-electron chi connectivity index (χ3n) is 5.68. The number of hydrogen-bond acceptors (Lipinski definition) is 5. The molecule has 28 heavy (non-hydrogen) atoms. The van der Waals surface area contributed by atoms with Crippen molar-refractivity contribution in [2.45, 2.75) is 44.9 Å². The number of carbonyl (C=O) groups is 2. The molecule has 2 aromatic heterocycles. The monoisotopic (exact) mass is 382 g/mol. The van der Waals surface area contributed by atoms with Crippen LogP contribution in [0.4, 0.5) is 0 Å². The van der Waals surface area contributed by atoms with Crippen LogP contribution in [0.2, 0.25) is 0 Å². The van der Waals surface area contributed by atoms with Gasteiger partial charge in [-0.05, 0) is 45.1 Å². The second-order valence-corrected chi connectivity index (χ2v) is 7.64. The molecule has 8 heteroatoms. The first-order valence-corrected chi connectivity index (χ1v) is 10.0. The largest absolute Gasteiger partial charge is 0.339 e. The Hall–Kier alpha value is -2.77. The van der Waals surface area contributed by atoms with Crippen LogP contribution < -0.4 is 0 Å². The van der Waals surface area contributed by atoms with E-state index >= 15 is 0 Å². The Balaban J connectivity index is 1.47. The molecular weight excluding hydrogens is 356 g/mol. The molecule has 1 N–H and O–H groups in total. The minimum atomic E-state index is -0.0455. The maximum Gasteiger partial charge on any atom is 0.271 e. The highest BCUT2D eigenvalue weighted by Gasteiger charge is 2.29. The summed E-state index contributed by atoms with van der Waals surface area (Å²) in [4.78, 5) is 38.3. The van der Waals surface area contributed by atoms with Crippen molar-refractivity contribution in [3.05, 3.63) is 41.2 Å². The van der Waals surface area contributed by atoms with E-state index in [1.165, 1.54) is 6.42 Å². The Morgan fingerprint density at radius 1 is 1.07 bits per heavy atom. The number of nitrogens with zero attached hydrogens (tertiary/aromatic N) is 5. The summed E-state index contributed by atoms with van der Waals surface area (Å²) in [5.41, 5.74) is 1.81. The number of aromatic nitrogens is 4. The number of nitrogens with one attached hydrogen (secondary N) is 1. The number of amides is 2. The average Bonchev–Trinajstić information content (AvgIpc) is 3.28. The van der Waals surface area contributed by atoms with Crippen LogP contribution in [0, 0.1) is 6.92 Å². The quantitative estimate of drug-likeness (QED) is 0.878. The van der Waals surface area contributed by atoms with Crippen molar-refractivity contribution in [1.82, 2.24) is 30.0 Å². The van der Waals surface area contributed by atoms with Gasteiger partial charge in [-0.3, -0.25) is 14.7 Å². The maximum atomic E-state index is 12.8. The van der Waals surface area contributed by atoms with Gasteiger partial charge >= 0.3 is 0 Å². The van der Waals surface area contributed by atoms with Gasteiger partial charge in [0.15, 0.2) is 0 Å². The van der Waals surface area contributed by atoms with Crippen molar-refractivity contribution in [1.29, 1.82) is 0 Å². The molecule has 8 nitrogen and oxygen atoms in total. The molecule has 0 aliphatic carbocycles. The van der Waals surface area contributed by atoms with Crippen LogP contribution in [0.25, 0.3) is 0 Å². The highest BCUT2D eigenvalue weighted by Crippen LogP contribution is 2.26. The van der Waals surface area contributed by atoms with Crippen LogP contribution in [0.5, 0.6) is 0 Å². The van der Waals surface area contributed by atoms with E-state index in [2.05, 4.69) is 20.2 Å². The number of aromatic amines is 1. The fourth-order valence-corrected chi connectivity index (χ4v) is 4.08. The van der Waals surface area contributed by atoms with Gasteiger partial charge < -0.3 is 9.80 Å². The molecule has 0 radical (unpaired) electrons. The average molecular weight is 382 g/mol. The van der Waals surface area contributed by atoms with Crippen LogP contribution in [-0.4, -0.2) is 68.0 Å². The first kappa shape index (κ1) is 18.6. The number of hydrogen-bond donors (Lipinski definition) is 1. The highest BCUT2D eigenvalue weighted by molar-refractivity contribution is 5.95. The SMILES string of the molecule is Cc1nc([C@@H]2CCCN(C(=O)c3ccn[nH]3)C2)ncc1C(=O)N1CCCCC1. The molecule has 0 saturated carbocycles. The van der Waals surface area contributed by atoms with Gasteiger partial charge in [0.2, 0.25) is 0 Å². The van der Waals surface area contributed by atoms with Crippen molar-refractivity contribution in [3.63, 3.8) is 0 Å². The van der Waals surface area contributed by atoms with Crippen LogP contribution in [0.1, 0.15) is 70.4 Å². The van der Waals surface area contributed by atoms with E-state index in [0.29, 0.717) is 17.8 Å². The fraction of sp³-hybridized carbons (Fsp3) is 0.550. The number of likely N-dealkylation sites (tertiary alicyclic amines) is 2. The summed E-state index contributed by atoms with van der Waals surface area (Å²) >= 11 is 0. The molecule has 2 saturated heterocycles. The van der Waals surface area contributed by atoms with Gasteiger partial charge in [-0.15, -0.1) is 0 Å². The van der Waals surface area contributed by atoms with Crippen LogP contribution in [0.3, 0.4) is 0 Å². The summed E-state index contributed by atoms with van der Waals surface area (Å²) in [6.07, 6.45) is 8.40. The van der Waals surface area contributed by atoms with Crippen LogP contribution >= 0.6 is 0 Å². The summed E-state index contributed by atoms with van der Waals surface area (Å²) in [6.45, 7) is 4.80. The molecule has 0 bridgehead atoms. The lowest BCUT2D eigenvalue weighted by Gasteiger charge is -2.32. The molecule has 4 rings (SSSR count). The van der Waals surface area contributed by atoms with E-state index in [9.17, 15) is 9.59 Å². The fourth-order valence-electron chi connectivity index (χ4n) is 4.08. The maximum absolute atomic E-state index is 12.8. The first-order chi connectivity index (χ1) is 13.6. The van der Waals surface area contributed by atoms with Gasteiger partial charge in [-0.25, -0.2) is 9.97 Å². The highest BCUT2D eigenvalue weighted by atomic mass is 16.2. The van der Waals surface area contributed by atoms with Gasteiger partial charge in [-0.2, -0.15) is 5.10 Å². The standard InChI is InChI=1S/C20H26N6O2/c1-14-16(19(27)25-9-3-2-4-10-25)12-21-18(23-14)15-6-5-11-26(13-15)20(28)17-7-8-22-24-17/h7-8,12,15H,2-6,9-11,13H2,1H3,(H,22,24)/t15-/m1/s1. The van der Waals surface area contributed by atoms with Crippen molar-refractivity contribution >= 4 is 11.8 Å². The minimum Gasteiger partial charge on any atom is -0.339 e. The number of piperidine rings is 2. The van der Waals surface area contributed by atoms with Gasteiger partial charge in [0.05, 0.1) is 11.3 Å². The molecule has 2 amide bonds. The van der Waals surface area contributed by atoms with Gasteiger partial charge in [0, 0.05) is 44.5 Å². The third-order valence-corrected chi connectivity index (χ3v) is 5.68. The topological polar surface area (TPSA) is 95.1 Å². The smallest absolute Gasteiger partial charge is 0.271 e. The van der Waals surface area contributed by atoms with Crippen molar-refractivity contribution in [3.8, 4) is 0 Å². The number of aryl methyl sites for hydroxylation is 1. The van der Waals surface area contributed by atoms with Gasteiger partial charge in [0.25, 0.3) is 11.8 Å². The van der Waals surface area contributed by atoms with E-state index in [4.69, 9.17) is 0 Å². The molecule has 148 valence electrons. The summed E-state index contributed by atoms with van der Waals surface area (Å²) < 4.78 is 0. The normalized spacial score (nSPS) is 20.2. The predicted octanol–water partition coefficient (Wildman–Crippen LogP) is 2.15. The molecule has 1 atom stereocenters. The second kappa shape index (κ2) is 8.08. The number of rotatable bonds is 3. The van der Waals surface area contributed by atoms with E-state index in [0.717, 1.165) is 56.8 Å². The number of carbonyl (C=O) groups excluding carboxylic acids is 2. The molecule has 2 aliphatic rings. The zero-order valence-corrected chi connectivity index (χ0v) is 16.2. The molecule has 2 fully saturated rings. The third kappa shape index (κ3) is 3.76. The molecule has 2 aromatic rings. The molecular formula is C20H26N6O2. The molecule has 0 unspecified atom stereocenters. The summed E-state index contributed by atoms with van der Waals surface area (Å²) in [6, 6.07) is 1.69. The predicted molar refractivity (Wildman–Crippen MR) is 103 cm³/mol. The first-order valence-electron chi connectivity index (χ1n) is 10.0. The lowest BCUT2D eigenvalue weighted by atomic mass is 9.96. The van der Waals surface area contributed by atoms with E-state index in [1.54, 1.807) is 18.5 Å². The Bertz CT molecular complexity index is 844. The Morgan fingerprint density at radius 3 is 2.57 bits per heavy atom. The van der Waals surface area contributed by atoms with Crippen LogP contribution in [0.15, 0.2) is 18.5 Å². The molecule has 0 spiro atoms. The minimum absolute atomic E-state index is 0.0310. The lowest BCUT2D eigenvalue weighted by molar-refractivity contribution is 0.0698. The second-order valence-electron chi connectivity index (χ2n) is 7.64. The summed E-state index contributed by atoms with van der Waals surface area (Å²) in [7, 11) is 0. The van der Waals surface area contributed by atoms with E-state index < -0.39 is 0 Å². The summed E-state index contributed by atoms with van der Waals surface area (Å²) in [5, 5.41) is 6.59. The molecule has 0 aromatic carbocycles. The Kier molecular flexibility index (Phi) is 5.36. The van der Waals surface area contributed by atoms with Crippen molar-refractivity contribution in [2.75, 3.05) is 26.2 Å². The molecule has 2 aliphatic heterocycles. The summed E-state index contributed by atoms with van der Waals surface area (Å²) in [5.74, 6) is 0.785. The lowest BCUT2D eigenvalue weighted by Crippen LogP contribution is -2.40. The molecule has 4 heterocycles. The van der Waals surface area contributed by atoms with Gasteiger partial charge in [0.1, 0.15) is 11.5 Å². The Morgan fingerprint density at radius 2 is 1.86 bits per heavy atom.